The minimum Gasteiger partial charge on any atom is -0.378 e. The molecule has 22 heavy (non-hydrogen) atoms. The summed E-state index contributed by atoms with van der Waals surface area (Å²) in [6.07, 6.45) is 2.41. The average Bonchev–Trinajstić information content (AvgIpc) is 2.92. The van der Waals surface area contributed by atoms with E-state index in [2.05, 4.69) is 23.9 Å². The highest BCUT2D eigenvalue weighted by atomic mass is 16.5. The van der Waals surface area contributed by atoms with Gasteiger partial charge in [-0.3, -0.25) is 4.90 Å². The van der Waals surface area contributed by atoms with E-state index in [4.69, 9.17) is 4.52 Å². The Morgan fingerprint density at radius 3 is 2.73 bits per heavy atom. The molecule has 0 bridgehead atoms. The molecule has 1 aliphatic heterocycles. The fourth-order valence-corrected chi connectivity index (χ4v) is 3.48. The van der Waals surface area contributed by atoms with Gasteiger partial charge in [0.1, 0.15) is 6.23 Å². The predicted molar refractivity (Wildman–Crippen MR) is 87.6 cm³/mol. The number of hydrogen-bond donors (Lipinski definition) is 1. The number of hydrogen-bond acceptors (Lipinski definition) is 4. The van der Waals surface area contributed by atoms with E-state index in [0.29, 0.717) is 6.42 Å². The first-order valence-corrected chi connectivity index (χ1v) is 8.32. The van der Waals surface area contributed by atoms with E-state index in [1.54, 1.807) is 0 Å². The molecule has 3 rings (SSSR count). The molecule has 4 heteroatoms. The number of likely N-dealkylation sites (tertiary alicyclic amines) is 1. The fourth-order valence-electron chi connectivity index (χ4n) is 3.48. The number of fused-ring (bicyclic) bond motifs is 1. The number of para-hydroxylation sites is 1. The number of benzene rings is 1. The summed E-state index contributed by atoms with van der Waals surface area (Å²) in [6.45, 7) is 8.54. The van der Waals surface area contributed by atoms with Crippen molar-refractivity contribution in [2.24, 2.45) is 11.8 Å². The molecule has 2 aromatic rings. The number of aliphatic hydroxyl groups excluding tert-OH is 1. The Balaban J connectivity index is 1.66. The van der Waals surface area contributed by atoms with Gasteiger partial charge in [0.15, 0.2) is 5.58 Å². The number of aliphatic hydroxyl groups is 1. The maximum Gasteiger partial charge on any atom is 0.170 e. The Hall–Kier alpha value is -1.39. The molecule has 1 fully saturated rings. The normalized spacial score (nSPS) is 19.1. The molecule has 0 amide bonds. The summed E-state index contributed by atoms with van der Waals surface area (Å²) in [6, 6.07) is 6.05. The Labute approximate surface area is 132 Å². The van der Waals surface area contributed by atoms with Crippen molar-refractivity contribution in [1.82, 2.24) is 10.1 Å². The minimum absolute atomic E-state index is 0.470. The van der Waals surface area contributed by atoms with E-state index in [1.807, 2.05) is 25.1 Å². The molecule has 1 unspecified atom stereocenters. The van der Waals surface area contributed by atoms with Crippen LogP contribution in [0.3, 0.4) is 0 Å². The van der Waals surface area contributed by atoms with Gasteiger partial charge < -0.3 is 9.63 Å². The summed E-state index contributed by atoms with van der Waals surface area (Å²) < 4.78 is 5.44. The van der Waals surface area contributed by atoms with Crippen molar-refractivity contribution in [1.29, 1.82) is 0 Å². The molecule has 0 spiro atoms. The lowest BCUT2D eigenvalue weighted by Crippen LogP contribution is -2.43. The number of nitrogens with zero attached hydrogens (tertiary/aromatic N) is 2. The van der Waals surface area contributed by atoms with E-state index in [-0.39, 0.29) is 0 Å². The van der Waals surface area contributed by atoms with Gasteiger partial charge >= 0.3 is 0 Å². The lowest BCUT2D eigenvalue weighted by atomic mass is 9.86. The third-order valence-corrected chi connectivity index (χ3v) is 5.08. The van der Waals surface area contributed by atoms with Crippen molar-refractivity contribution < 1.29 is 9.63 Å². The quantitative estimate of drug-likeness (QED) is 0.941. The molecule has 1 aliphatic rings. The Morgan fingerprint density at radius 1 is 1.32 bits per heavy atom. The van der Waals surface area contributed by atoms with Crippen LogP contribution in [-0.2, 0) is 6.42 Å². The van der Waals surface area contributed by atoms with Crippen LogP contribution in [0.4, 0.5) is 0 Å². The first-order chi connectivity index (χ1) is 10.6. The van der Waals surface area contributed by atoms with Crippen molar-refractivity contribution in [3.63, 3.8) is 0 Å². The van der Waals surface area contributed by atoms with Gasteiger partial charge in [0.25, 0.3) is 0 Å². The van der Waals surface area contributed by atoms with Gasteiger partial charge in [-0.05, 0) is 43.2 Å². The molecule has 4 nitrogen and oxygen atoms in total. The zero-order valence-electron chi connectivity index (χ0n) is 13.7. The van der Waals surface area contributed by atoms with E-state index in [1.165, 1.54) is 12.8 Å². The van der Waals surface area contributed by atoms with Crippen molar-refractivity contribution in [2.75, 3.05) is 13.1 Å². The number of aromatic nitrogens is 1. The SMILES string of the molecule is Cc1cccc2c(CC(O)N3CCC(C(C)C)CC3)noc12. The standard InChI is InChI=1S/C18H26N2O2/c1-12(2)14-7-9-20(10-8-14)17(21)11-16-15-6-4-5-13(3)18(15)22-19-16/h4-6,12,14,17,21H,7-11H2,1-3H3. The second kappa shape index (κ2) is 6.39. The van der Waals surface area contributed by atoms with E-state index >= 15 is 0 Å². The molecular formula is C18H26N2O2. The van der Waals surface area contributed by atoms with Gasteiger partial charge in [-0.1, -0.05) is 31.1 Å². The fraction of sp³-hybridized carbons (Fsp3) is 0.611. The highest BCUT2D eigenvalue weighted by Crippen LogP contribution is 2.27. The maximum atomic E-state index is 10.5. The molecule has 1 aromatic heterocycles. The van der Waals surface area contributed by atoms with Crippen molar-refractivity contribution in [3.8, 4) is 0 Å². The maximum absolute atomic E-state index is 10.5. The smallest absolute Gasteiger partial charge is 0.170 e. The predicted octanol–water partition coefficient (Wildman–Crippen LogP) is 3.37. The van der Waals surface area contributed by atoms with Gasteiger partial charge in [0.2, 0.25) is 0 Å². The first-order valence-electron chi connectivity index (χ1n) is 8.32. The largest absolute Gasteiger partial charge is 0.378 e. The van der Waals surface area contributed by atoms with Gasteiger partial charge in [0.05, 0.1) is 5.69 Å². The lowest BCUT2D eigenvalue weighted by Gasteiger charge is -2.36. The van der Waals surface area contributed by atoms with Crippen LogP contribution in [0, 0.1) is 18.8 Å². The van der Waals surface area contributed by atoms with Crippen LogP contribution in [0.1, 0.15) is 37.9 Å². The minimum atomic E-state index is -0.470. The van der Waals surface area contributed by atoms with Crippen LogP contribution >= 0.6 is 0 Å². The zero-order valence-corrected chi connectivity index (χ0v) is 13.7. The monoisotopic (exact) mass is 302 g/mol. The Morgan fingerprint density at radius 2 is 2.05 bits per heavy atom. The molecule has 1 N–H and O–H groups in total. The van der Waals surface area contributed by atoms with Crippen LogP contribution in [0.2, 0.25) is 0 Å². The second-order valence-corrected chi connectivity index (χ2v) is 6.88. The number of piperidine rings is 1. The third-order valence-electron chi connectivity index (χ3n) is 5.08. The van der Waals surface area contributed by atoms with Gasteiger partial charge in [0, 0.05) is 24.9 Å². The highest BCUT2D eigenvalue weighted by molar-refractivity contribution is 5.82. The molecular weight excluding hydrogens is 276 g/mol. The van der Waals surface area contributed by atoms with Crippen molar-refractivity contribution >= 4 is 11.0 Å². The topological polar surface area (TPSA) is 49.5 Å². The molecule has 0 aliphatic carbocycles. The van der Waals surface area contributed by atoms with Crippen molar-refractivity contribution in [3.05, 3.63) is 29.5 Å². The average molecular weight is 302 g/mol. The molecule has 120 valence electrons. The molecule has 1 atom stereocenters. The molecule has 0 radical (unpaired) electrons. The van der Waals surface area contributed by atoms with Crippen LogP contribution in [0.5, 0.6) is 0 Å². The zero-order chi connectivity index (χ0) is 15.7. The van der Waals surface area contributed by atoms with Gasteiger partial charge in [-0.25, -0.2) is 0 Å². The number of rotatable bonds is 4. The third kappa shape index (κ3) is 3.03. The molecule has 1 aromatic carbocycles. The summed E-state index contributed by atoms with van der Waals surface area (Å²) >= 11 is 0. The number of aryl methyl sites for hydroxylation is 1. The Kier molecular flexibility index (Phi) is 4.50. The van der Waals surface area contributed by atoms with Crippen LogP contribution in [-0.4, -0.2) is 34.5 Å². The van der Waals surface area contributed by atoms with E-state index in [0.717, 1.165) is 47.2 Å². The summed E-state index contributed by atoms with van der Waals surface area (Å²) in [4.78, 5) is 2.18. The van der Waals surface area contributed by atoms with Gasteiger partial charge in [-0.2, -0.15) is 0 Å². The highest BCUT2D eigenvalue weighted by Gasteiger charge is 2.26. The summed E-state index contributed by atoms with van der Waals surface area (Å²) in [5, 5.41) is 15.7. The van der Waals surface area contributed by atoms with E-state index < -0.39 is 6.23 Å². The van der Waals surface area contributed by atoms with Crippen LogP contribution < -0.4 is 0 Å². The van der Waals surface area contributed by atoms with Crippen molar-refractivity contribution in [2.45, 2.75) is 46.3 Å². The summed E-state index contributed by atoms with van der Waals surface area (Å²) in [5.74, 6) is 1.53. The molecule has 1 saturated heterocycles. The summed E-state index contributed by atoms with van der Waals surface area (Å²) in [7, 11) is 0. The second-order valence-electron chi connectivity index (χ2n) is 6.88. The lowest BCUT2D eigenvalue weighted by molar-refractivity contribution is -0.0208. The van der Waals surface area contributed by atoms with Gasteiger partial charge in [-0.15, -0.1) is 0 Å². The Bertz CT molecular complexity index is 627. The van der Waals surface area contributed by atoms with Crippen LogP contribution in [0.25, 0.3) is 11.0 Å². The summed E-state index contributed by atoms with van der Waals surface area (Å²) in [5.41, 5.74) is 2.78. The molecule has 2 heterocycles. The molecule has 0 saturated carbocycles. The van der Waals surface area contributed by atoms with Crippen LogP contribution in [0.15, 0.2) is 22.7 Å². The first kappa shape index (κ1) is 15.5. The van der Waals surface area contributed by atoms with E-state index in [9.17, 15) is 5.11 Å².